The molecule has 3 heterocycles. The average molecular weight is 513 g/mol. The lowest BCUT2D eigenvalue weighted by atomic mass is 9.30. The third kappa shape index (κ3) is 2.27. The quantitative estimate of drug-likeness (QED) is 0.173. The summed E-state index contributed by atoms with van der Waals surface area (Å²) in [6.45, 7) is 11.5. The monoisotopic (exact) mass is 512 g/mol. The van der Waals surface area contributed by atoms with Crippen LogP contribution in [0.4, 0.5) is 0 Å². The summed E-state index contributed by atoms with van der Waals surface area (Å²) < 4.78 is 29.1. The number of carbonyl (C=O) groups is 3. The first kappa shape index (κ1) is 23.7. The third-order valence-corrected chi connectivity index (χ3v) is 10.2. The van der Waals surface area contributed by atoms with Crippen molar-refractivity contribution in [2.75, 3.05) is 0 Å². The third-order valence-electron chi connectivity index (χ3n) is 9.74. The fraction of sp³-hybridized carbons (Fsp3) is 0.792. The SMILES string of the molecule is C=C1[C@H]2O[C@H]2C2(O)C(OC(C)=O)([C@H]3[C@@H](C)[C@@H](OC(C)=O)[C@@H]4O[C@@H]4[C@@]32C)[C@]2(O)[C@@H](C)C(=O)O[C@H]2[C@H]1Cl. The second-order valence-electron chi connectivity index (χ2n) is 11.2. The summed E-state index contributed by atoms with van der Waals surface area (Å²) in [5.41, 5.74) is -7.07. The summed E-state index contributed by atoms with van der Waals surface area (Å²) in [6, 6.07) is 0. The fourth-order valence-electron chi connectivity index (χ4n) is 8.38. The van der Waals surface area contributed by atoms with Crippen LogP contribution in [0.15, 0.2) is 12.2 Å². The number of rotatable bonds is 2. The van der Waals surface area contributed by atoms with E-state index in [2.05, 4.69) is 6.58 Å². The molecule has 192 valence electrons. The number of fused-ring (bicyclic) bond motifs is 10. The van der Waals surface area contributed by atoms with Gasteiger partial charge in [-0.1, -0.05) is 20.4 Å². The molecule has 14 atom stereocenters. The number of epoxide rings is 2. The molecular formula is C24H29ClO10. The molecule has 11 heteroatoms. The van der Waals surface area contributed by atoms with Crippen LogP contribution < -0.4 is 0 Å². The second kappa shape index (κ2) is 6.58. The summed E-state index contributed by atoms with van der Waals surface area (Å²) in [6.07, 6.45) is -4.77. The van der Waals surface area contributed by atoms with Crippen molar-refractivity contribution in [2.24, 2.45) is 23.2 Å². The van der Waals surface area contributed by atoms with E-state index in [0.717, 1.165) is 0 Å². The van der Waals surface area contributed by atoms with E-state index in [1.54, 1.807) is 13.8 Å². The van der Waals surface area contributed by atoms with Crippen LogP contribution in [0.1, 0.15) is 34.6 Å². The van der Waals surface area contributed by atoms with Crippen LogP contribution in [0.2, 0.25) is 0 Å². The van der Waals surface area contributed by atoms with Gasteiger partial charge in [-0.05, 0) is 12.5 Å². The molecule has 0 aromatic rings. The Labute approximate surface area is 206 Å². The van der Waals surface area contributed by atoms with Gasteiger partial charge in [0.2, 0.25) is 0 Å². The van der Waals surface area contributed by atoms with E-state index in [1.807, 2.05) is 0 Å². The Morgan fingerprint density at radius 2 is 1.74 bits per heavy atom. The lowest BCUT2D eigenvalue weighted by Gasteiger charge is -2.76. The van der Waals surface area contributed by atoms with Crippen molar-refractivity contribution in [3.8, 4) is 0 Å². The molecule has 0 amide bonds. The standard InChI is InChI=1S/C24H29ClO10/c1-7-12(25)17-22(29,9(3)20(28)34-17)24(35-11(5)27)16-8(2)13(31-10(4)26)15-18(33-15)21(16,6)23(24,30)19-14(7)32-19/h8-9,12-19,29-30H,1H2,2-6H3/t8-,9-,12-,13+,14+,15-,16-,17-,18-,19+,21+,22-,23?,24?/m0/s1. The van der Waals surface area contributed by atoms with Crippen molar-refractivity contribution in [2.45, 2.75) is 93.4 Å². The topological polar surface area (TPSA) is 144 Å². The molecule has 0 bridgehead atoms. The highest BCUT2D eigenvalue weighted by atomic mass is 35.5. The molecule has 0 aromatic carbocycles. The van der Waals surface area contributed by atoms with Crippen LogP contribution in [0.5, 0.6) is 0 Å². The van der Waals surface area contributed by atoms with E-state index in [9.17, 15) is 24.6 Å². The van der Waals surface area contributed by atoms with Crippen LogP contribution in [0.25, 0.3) is 0 Å². The number of carbonyl (C=O) groups excluding carboxylic acids is 3. The zero-order valence-electron chi connectivity index (χ0n) is 20.0. The minimum Gasteiger partial charge on any atom is -0.459 e. The van der Waals surface area contributed by atoms with E-state index in [-0.39, 0.29) is 0 Å². The lowest BCUT2D eigenvalue weighted by molar-refractivity contribution is -0.428. The maximum Gasteiger partial charge on any atom is 0.312 e. The zero-order valence-corrected chi connectivity index (χ0v) is 20.8. The molecule has 3 aliphatic carbocycles. The molecule has 6 aliphatic rings. The van der Waals surface area contributed by atoms with Gasteiger partial charge in [-0.25, -0.2) is 0 Å². The number of hydrogen-bond acceptors (Lipinski definition) is 10. The summed E-state index contributed by atoms with van der Waals surface area (Å²) in [7, 11) is 0. The van der Waals surface area contributed by atoms with Crippen LogP contribution in [-0.2, 0) is 38.1 Å². The first-order chi connectivity index (χ1) is 16.2. The van der Waals surface area contributed by atoms with Gasteiger partial charge in [-0.2, -0.15) is 0 Å². The number of ether oxygens (including phenoxy) is 5. The first-order valence-corrected chi connectivity index (χ1v) is 12.3. The Morgan fingerprint density at radius 1 is 1.09 bits per heavy atom. The van der Waals surface area contributed by atoms with Gasteiger partial charge in [0.05, 0.1) is 17.4 Å². The maximum absolute atomic E-state index is 12.9. The Bertz CT molecular complexity index is 1080. The predicted molar refractivity (Wildman–Crippen MR) is 116 cm³/mol. The van der Waals surface area contributed by atoms with Crippen molar-refractivity contribution < 1.29 is 48.3 Å². The average Bonchev–Trinajstić information content (AvgIpc) is 3.68. The molecule has 35 heavy (non-hydrogen) atoms. The van der Waals surface area contributed by atoms with Crippen LogP contribution in [0, 0.1) is 23.2 Å². The summed E-state index contributed by atoms with van der Waals surface area (Å²) in [5.74, 6) is -4.60. The van der Waals surface area contributed by atoms with Gasteiger partial charge in [-0.3, -0.25) is 14.4 Å². The van der Waals surface area contributed by atoms with Gasteiger partial charge in [-0.15, -0.1) is 11.6 Å². The molecule has 0 aromatic heterocycles. The van der Waals surface area contributed by atoms with Crippen LogP contribution >= 0.6 is 11.6 Å². The van der Waals surface area contributed by atoms with Crippen molar-refractivity contribution >= 4 is 29.5 Å². The van der Waals surface area contributed by atoms with E-state index < -0.39 is 99.9 Å². The molecule has 0 radical (unpaired) electrons. The van der Waals surface area contributed by atoms with Gasteiger partial charge in [0.15, 0.2) is 17.3 Å². The number of hydrogen-bond donors (Lipinski definition) is 2. The Hall–Kier alpha value is -1.72. The highest BCUT2D eigenvalue weighted by Gasteiger charge is 2.99. The number of halogens is 1. The second-order valence-corrected chi connectivity index (χ2v) is 11.6. The summed E-state index contributed by atoms with van der Waals surface area (Å²) in [5, 5.41) is 24.2. The van der Waals surface area contributed by atoms with Crippen molar-refractivity contribution in [1.82, 2.24) is 0 Å². The van der Waals surface area contributed by atoms with Crippen LogP contribution in [0.3, 0.4) is 0 Å². The predicted octanol–water partition coefficient (Wildman–Crippen LogP) is 0.242. The molecule has 2 N–H and O–H groups in total. The first-order valence-electron chi connectivity index (χ1n) is 11.9. The number of alkyl halides is 1. The molecule has 10 nitrogen and oxygen atoms in total. The molecule has 3 aliphatic heterocycles. The van der Waals surface area contributed by atoms with Crippen molar-refractivity contribution in [1.29, 1.82) is 0 Å². The van der Waals surface area contributed by atoms with Crippen LogP contribution in [-0.4, -0.2) is 86.9 Å². The minimum absolute atomic E-state index is 0.355. The summed E-state index contributed by atoms with van der Waals surface area (Å²) in [4.78, 5) is 37.5. The highest BCUT2D eigenvalue weighted by molar-refractivity contribution is 6.23. The van der Waals surface area contributed by atoms with Gasteiger partial charge in [0.1, 0.15) is 30.0 Å². The highest BCUT2D eigenvalue weighted by Crippen LogP contribution is 2.80. The molecular weight excluding hydrogens is 484 g/mol. The summed E-state index contributed by atoms with van der Waals surface area (Å²) >= 11 is 6.72. The smallest absolute Gasteiger partial charge is 0.312 e. The Balaban J connectivity index is 1.63. The van der Waals surface area contributed by atoms with E-state index in [0.29, 0.717) is 5.57 Å². The van der Waals surface area contributed by atoms with Gasteiger partial charge in [0.25, 0.3) is 0 Å². The van der Waals surface area contributed by atoms with E-state index >= 15 is 0 Å². The minimum atomic E-state index is -2.25. The largest absolute Gasteiger partial charge is 0.459 e. The molecule has 3 saturated heterocycles. The Morgan fingerprint density at radius 3 is 2.34 bits per heavy atom. The van der Waals surface area contributed by atoms with E-state index in [1.165, 1.54) is 20.8 Å². The molecule has 6 rings (SSSR count). The molecule has 3 saturated carbocycles. The molecule has 6 fully saturated rings. The normalized spacial score (nSPS) is 59.1. The Kier molecular flexibility index (Phi) is 4.45. The number of esters is 3. The van der Waals surface area contributed by atoms with Gasteiger partial charge >= 0.3 is 17.9 Å². The van der Waals surface area contributed by atoms with E-state index in [4.69, 9.17) is 35.3 Å². The van der Waals surface area contributed by atoms with Gasteiger partial charge < -0.3 is 33.9 Å². The maximum atomic E-state index is 12.9. The number of aliphatic hydroxyl groups is 2. The van der Waals surface area contributed by atoms with Crippen molar-refractivity contribution in [3.05, 3.63) is 12.2 Å². The lowest BCUT2D eigenvalue weighted by Crippen LogP contribution is -2.96. The zero-order chi connectivity index (χ0) is 25.6. The molecule has 0 spiro atoms. The van der Waals surface area contributed by atoms with Gasteiger partial charge in [0, 0.05) is 31.1 Å². The fourth-order valence-corrected chi connectivity index (χ4v) is 8.75. The molecule has 2 unspecified atom stereocenters. The van der Waals surface area contributed by atoms with Crippen molar-refractivity contribution in [3.63, 3.8) is 0 Å².